The summed E-state index contributed by atoms with van der Waals surface area (Å²) in [5.41, 5.74) is 0.419. The average Bonchev–Trinajstić information content (AvgIpc) is 3.19. The van der Waals surface area contributed by atoms with Crippen molar-refractivity contribution in [3.8, 4) is 11.5 Å². The molecule has 2 aliphatic heterocycles. The zero-order valence-electron chi connectivity index (χ0n) is 19.2. The third-order valence-electron chi connectivity index (χ3n) is 6.33. The molecule has 0 spiro atoms. The van der Waals surface area contributed by atoms with Gasteiger partial charge in [-0.15, -0.1) is 0 Å². The Hall–Kier alpha value is -2.43. The number of nitrogens with one attached hydrogen (secondary N) is 1. The zero-order valence-corrected chi connectivity index (χ0v) is 19.2. The number of halogens is 3. The molecule has 2 saturated heterocycles. The van der Waals surface area contributed by atoms with Crippen molar-refractivity contribution in [3.63, 3.8) is 0 Å². The molecular weight excluding hydrogens is 453 g/mol. The Morgan fingerprint density at radius 3 is 2.38 bits per heavy atom. The van der Waals surface area contributed by atoms with Gasteiger partial charge in [-0.05, 0) is 56.9 Å². The Balaban J connectivity index is 1.31. The van der Waals surface area contributed by atoms with Crippen molar-refractivity contribution in [2.75, 3.05) is 33.0 Å². The van der Waals surface area contributed by atoms with Crippen LogP contribution in [0, 0.1) is 18.8 Å². The van der Waals surface area contributed by atoms with E-state index >= 15 is 0 Å². The molecule has 1 aromatic carbocycles. The molecule has 7 nitrogen and oxygen atoms in total. The lowest BCUT2D eigenvalue weighted by Crippen LogP contribution is -2.54. The van der Waals surface area contributed by atoms with Crippen molar-refractivity contribution in [1.82, 2.24) is 10.3 Å². The minimum absolute atomic E-state index is 0.0411. The lowest BCUT2D eigenvalue weighted by molar-refractivity contribution is -0.260. The highest BCUT2D eigenvalue weighted by molar-refractivity contribution is 5.83. The van der Waals surface area contributed by atoms with Gasteiger partial charge in [0.2, 0.25) is 11.7 Å². The van der Waals surface area contributed by atoms with Crippen molar-refractivity contribution >= 4 is 5.91 Å². The van der Waals surface area contributed by atoms with Crippen LogP contribution >= 0.6 is 0 Å². The first-order valence-corrected chi connectivity index (χ1v) is 11.4. The van der Waals surface area contributed by atoms with Crippen LogP contribution in [0.2, 0.25) is 0 Å². The molecular formula is C24H29F3N2O5. The summed E-state index contributed by atoms with van der Waals surface area (Å²) in [6.45, 7) is 6.00. The molecule has 2 fully saturated rings. The van der Waals surface area contributed by atoms with E-state index in [0.717, 1.165) is 25.0 Å². The van der Waals surface area contributed by atoms with Gasteiger partial charge in [0, 0.05) is 37.7 Å². The van der Waals surface area contributed by atoms with E-state index in [1.54, 1.807) is 13.8 Å². The van der Waals surface area contributed by atoms with E-state index in [0.29, 0.717) is 62.3 Å². The Bertz CT molecular complexity index is 975. The number of aryl methyl sites for hydroxylation is 1. The standard InChI is InChI=1S/C24H29F3N2O5/c1-15-20(29-21(34-15)18-3-5-19(6-4-18)24(25,26)27)11-17-13-32-23(2,33-14-17)22(30)28-12-16-7-9-31-10-8-16/h3-6,16-17H,7-14H2,1-2H3,(H,28,30). The number of aromatic nitrogens is 1. The van der Waals surface area contributed by atoms with Crippen LogP contribution in [0.3, 0.4) is 0 Å². The van der Waals surface area contributed by atoms with E-state index in [2.05, 4.69) is 10.3 Å². The summed E-state index contributed by atoms with van der Waals surface area (Å²) in [6, 6.07) is 4.70. The van der Waals surface area contributed by atoms with Crippen LogP contribution in [0.25, 0.3) is 11.5 Å². The van der Waals surface area contributed by atoms with Gasteiger partial charge in [-0.1, -0.05) is 0 Å². The number of hydrogen-bond acceptors (Lipinski definition) is 6. The first-order chi connectivity index (χ1) is 16.1. The van der Waals surface area contributed by atoms with E-state index in [-0.39, 0.29) is 17.7 Å². The minimum atomic E-state index is -4.40. The number of hydrogen-bond donors (Lipinski definition) is 1. The summed E-state index contributed by atoms with van der Waals surface area (Å²) in [7, 11) is 0. The maximum atomic E-state index is 12.8. The Morgan fingerprint density at radius 2 is 1.76 bits per heavy atom. The topological polar surface area (TPSA) is 82.8 Å². The molecule has 0 bridgehead atoms. The lowest BCUT2D eigenvalue weighted by atomic mass is 10.00. The van der Waals surface area contributed by atoms with Crippen LogP contribution in [0.15, 0.2) is 28.7 Å². The second kappa shape index (κ2) is 10.1. The van der Waals surface area contributed by atoms with Crippen LogP contribution < -0.4 is 5.32 Å². The van der Waals surface area contributed by atoms with Gasteiger partial charge in [-0.25, -0.2) is 4.98 Å². The third kappa shape index (κ3) is 5.79. The smallest absolute Gasteiger partial charge is 0.416 e. The van der Waals surface area contributed by atoms with Crippen LogP contribution in [0.1, 0.15) is 36.8 Å². The quantitative estimate of drug-likeness (QED) is 0.667. The van der Waals surface area contributed by atoms with Gasteiger partial charge < -0.3 is 23.9 Å². The van der Waals surface area contributed by atoms with Crippen LogP contribution in [-0.2, 0) is 31.6 Å². The minimum Gasteiger partial charge on any atom is -0.441 e. The molecule has 0 unspecified atom stereocenters. The Labute approximate surface area is 196 Å². The number of amides is 1. The number of rotatable bonds is 6. The molecule has 34 heavy (non-hydrogen) atoms. The molecule has 2 aliphatic rings. The summed E-state index contributed by atoms with van der Waals surface area (Å²) >= 11 is 0. The number of nitrogens with zero attached hydrogens (tertiary/aromatic N) is 1. The number of carbonyl (C=O) groups excluding carboxylic acids is 1. The molecule has 1 amide bonds. The van der Waals surface area contributed by atoms with E-state index < -0.39 is 17.5 Å². The van der Waals surface area contributed by atoms with Crippen LogP contribution in [0.4, 0.5) is 13.2 Å². The average molecular weight is 482 g/mol. The molecule has 4 rings (SSSR count). The van der Waals surface area contributed by atoms with Gasteiger partial charge in [0.1, 0.15) is 5.76 Å². The Kier molecular flexibility index (Phi) is 7.30. The van der Waals surface area contributed by atoms with E-state index in [9.17, 15) is 18.0 Å². The van der Waals surface area contributed by atoms with Crippen molar-refractivity contribution in [1.29, 1.82) is 0 Å². The Morgan fingerprint density at radius 1 is 1.12 bits per heavy atom. The highest BCUT2D eigenvalue weighted by Crippen LogP contribution is 2.32. The lowest BCUT2D eigenvalue weighted by Gasteiger charge is -2.36. The summed E-state index contributed by atoms with van der Waals surface area (Å²) in [5, 5.41) is 2.93. The van der Waals surface area contributed by atoms with Crippen LogP contribution in [0.5, 0.6) is 0 Å². The summed E-state index contributed by atoms with van der Waals surface area (Å²) in [6.07, 6.45) is -2.05. The van der Waals surface area contributed by atoms with Gasteiger partial charge in [-0.2, -0.15) is 13.2 Å². The molecule has 10 heteroatoms. The van der Waals surface area contributed by atoms with Gasteiger partial charge in [0.25, 0.3) is 5.91 Å². The fourth-order valence-electron chi connectivity index (χ4n) is 4.06. The third-order valence-corrected chi connectivity index (χ3v) is 6.33. The second-order valence-corrected chi connectivity index (χ2v) is 9.00. The summed E-state index contributed by atoms with van der Waals surface area (Å²) < 4.78 is 61.0. The van der Waals surface area contributed by atoms with Gasteiger partial charge in [-0.3, -0.25) is 4.79 Å². The molecule has 2 aromatic rings. The van der Waals surface area contributed by atoms with Crippen molar-refractivity contribution in [2.24, 2.45) is 11.8 Å². The summed E-state index contributed by atoms with van der Waals surface area (Å²) in [5.74, 6) is -0.438. The SMILES string of the molecule is Cc1oc(-c2ccc(C(F)(F)F)cc2)nc1CC1COC(C)(C(=O)NCC2CCOCC2)OC1. The van der Waals surface area contributed by atoms with Crippen LogP contribution in [-0.4, -0.2) is 49.7 Å². The highest BCUT2D eigenvalue weighted by atomic mass is 19.4. The second-order valence-electron chi connectivity index (χ2n) is 9.00. The van der Waals surface area contributed by atoms with Gasteiger partial charge in [0.15, 0.2) is 0 Å². The van der Waals surface area contributed by atoms with Crippen molar-refractivity contribution in [2.45, 2.75) is 45.1 Å². The predicted molar refractivity (Wildman–Crippen MR) is 116 cm³/mol. The van der Waals surface area contributed by atoms with E-state index in [1.807, 2.05) is 0 Å². The molecule has 0 radical (unpaired) electrons. The molecule has 0 aliphatic carbocycles. The largest absolute Gasteiger partial charge is 0.441 e. The molecule has 3 heterocycles. The van der Waals surface area contributed by atoms with Crippen molar-refractivity contribution < 1.29 is 36.6 Å². The maximum absolute atomic E-state index is 12.8. The van der Waals surface area contributed by atoms with Gasteiger partial charge in [0.05, 0.1) is 24.5 Å². The molecule has 1 aromatic heterocycles. The number of oxazole rings is 1. The van der Waals surface area contributed by atoms with Gasteiger partial charge >= 0.3 is 6.18 Å². The fraction of sp³-hybridized carbons (Fsp3) is 0.583. The zero-order chi connectivity index (χ0) is 24.3. The first kappa shape index (κ1) is 24.7. The molecule has 1 N–H and O–H groups in total. The number of alkyl halides is 3. The number of carbonyl (C=O) groups is 1. The number of benzene rings is 1. The maximum Gasteiger partial charge on any atom is 0.416 e. The number of ether oxygens (including phenoxy) is 3. The fourth-order valence-corrected chi connectivity index (χ4v) is 4.06. The first-order valence-electron chi connectivity index (χ1n) is 11.4. The normalized spacial score (nSPS) is 24.2. The molecule has 0 atom stereocenters. The monoisotopic (exact) mass is 482 g/mol. The predicted octanol–water partition coefficient (Wildman–Crippen LogP) is 4.13. The highest BCUT2D eigenvalue weighted by Gasteiger charge is 2.41. The van der Waals surface area contributed by atoms with Crippen molar-refractivity contribution in [3.05, 3.63) is 41.3 Å². The van der Waals surface area contributed by atoms with E-state index in [4.69, 9.17) is 18.6 Å². The molecule has 186 valence electrons. The van der Waals surface area contributed by atoms with E-state index in [1.165, 1.54) is 12.1 Å². The molecule has 0 saturated carbocycles. The summed E-state index contributed by atoms with van der Waals surface area (Å²) in [4.78, 5) is 17.1.